The number of nitrogens with two attached hydrogens (primary N) is 1. The highest BCUT2D eigenvalue weighted by Gasteiger charge is 2.46. The lowest BCUT2D eigenvalue weighted by Gasteiger charge is -2.22. The number of rotatable bonds is 3. The van der Waals surface area contributed by atoms with Gasteiger partial charge in [0.15, 0.2) is 0 Å². The minimum atomic E-state index is -0.738. The van der Waals surface area contributed by atoms with Crippen LogP contribution in [0, 0.1) is 5.92 Å². The van der Waals surface area contributed by atoms with Crippen LogP contribution < -0.4 is 5.73 Å². The zero-order valence-electron chi connectivity index (χ0n) is 6.73. The van der Waals surface area contributed by atoms with Crippen LogP contribution in [-0.2, 0) is 0 Å². The molecule has 1 fully saturated rings. The van der Waals surface area contributed by atoms with Crippen molar-refractivity contribution in [2.24, 2.45) is 11.7 Å². The van der Waals surface area contributed by atoms with E-state index in [1.54, 1.807) is 6.92 Å². The molecule has 2 atom stereocenters. The van der Waals surface area contributed by atoms with E-state index in [0.29, 0.717) is 0 Å². The fourth-order valence-electron chi connectivity index (χ4n) is 1.70. The first-order valence-corrected chi connectivity index (χ1v) is 4.03. The molecule has 0 bridgehead atoms. The van der Waals surface area contributed by atoms with Gasteiger partial charge in [-0.05, 0) is 26.2 Å². The van der Waals surface area contributed by atoms with E-state index in [9.17, 15) is 4.39 Å². The molecule has 0 heterocycles. The molecule has 1 aliphatic carbocycles. The highest BCUT2D eigenvalue weighted by Crippen LogP contribution is 2.43. The molecule has 0 aromatic heterocycles. The minimum absolute atomic E-state index is 0.0903. The second-order valence-electron chi connectivity index (χ2n) is 3.43. The average Bonchev–Trinajstić information content (AvgIpc) is 2.49. The third-order valence-electron chi connectivity index (χ3n) is 2.56. The molecule has 0 aromatic carbocycles. The lowest BCUT2D eigenvalue weighted by atomic mass is 9.91. The first-order chi connectivity index (χ1) is 4.60. The maximum Gasteiger partial charge on any atom is 0.102 e. The van der Waals surface area contributed by atoms with Crippen molar-refractivity contribution in [3.63, 3.8) is 0 Å². The van der Waals surface area contributed by atoms with Crippen molar-refractivity contribution in [3.05, 3.63) is 0 Å². The minimum Gasteiger partial charge on any atom is -0.325 e. The van der Waals surface area contributed by atoms with E-state index in [0.717, 1.165) is 19.3 Å². The summed E-state index contributed by atoms with van der Waals surface area (Å²) in [5, 5.41) is 0. The lowest BCUT2D eigenvalue weighted by Crippen LogP contribution is -2.36. The summed E-state index contributed by atoms with van der Waals surface area (Å²) in [7, 11) is 0. The van der Waals surface area contributed by atoms with Gasteiger partial charge in [-0.1, -0.05) is 6.92 Å². The number of hydrogen-bond donors (Lipinski definition) is 1. The molecule has 0 aromatic rings. The number of alkyl halides is 1. The van der Waals surface area contributed by atoms with Gasteiger partial charge in [-0.25, -0.2) is 4.39 Å². The van der Waals surface area contributed by atoms with Crippen molar-refractivity contribution in [1.82, 2.24) is 0 Å². The molecule has 2 N–H and O–H groups in total. The van der Waals surface area contributed by atoms with Crippen LogP contribution in [0.1, 0.15) is 33.1 Å². The largest absolute Gasteiger partial charge is 0.325 e. The fraction of sp³-hybridized carbons (Fsp3) is 1.00. The first kappa shape index (κ1) is 7.99. The second kappa shape index (κ2) is 2.50. The van der Waals surface area contributed by atoms with Gasteiger partial charge in [0, 0.05) is 11.5 Å². The molecule has 1 aliphatic rings. The van der Waals surface area contributed by atoms with Crippen LogP contribution in [0.15, 0.2) is 0 Å². The third kappa shape index (κ3) is 1.31. The van der Waals surface area contributed by atoms with E-state index in [1.165, 1.54) is 0 Å². The van der Waals surface area contributed by atoms with Crippen LogP contribution in [0.2, 0.25) is 0 Å². The molecule has 1 rings (SSSR count). The Morgan fingerprint density at radius 1 is 1.60 bits per heavy atom. The van der Waals surface area contributed by atoms with Crippen LogP contribution in [0.3, 0.4) is 0 Å². The molecule has 0 amide bonds. The summed E-state index contributed by atoms with van der Waals surface area (Å²) in [6, 6.07) is 0. The van der Waals surface area contributed by atoms with Crippen molar-refractivity contribution < 1.29 is 4.39 Å². The molecule has 2 unspecified atom stereocenters. The monoisotopic (exact) mass is 145 g/mol. The van der Waals surface area contributed by atoms with E-state index in [1.807, 2.05) is 6.92 Å². The Bertz CT molecular complexity index is 118. The predicted molar refractivity (Wildman–Crippen MR) is 40.5 cm³/mol. The Morgan fingerprint density at radius 2 is 2.10 bits per heavy atom. The van der Waals surface area contributed by atoms with E-state index in [4.69, 9.17) is 5.73 Å². The molecular weight excluding hydrogens is 129 g/mol. The van der Waals surface area contributed by atoms with Crippen molar-refractivity contribution in [3.8, 4) is 0 Å². The zero-order valence-corrected chi connectivity index (χ0v) is 6.73. The molecule has 1 nitrogen and oxygen atoms in total. The van der Waals surface area contributed by atoms with Gasteiger partial charge in [0.05, 0.1) is 0 Å². The van der Waals surface area contributed by atoms with E-state index in [-0.39, 0.29) is 11.5 Å². The summed E-state index contributed by atoms with van der Waals surface area (Å²) in [4.78, 5) is 0. The van der Waals surface area contributed by atoms with E-state index in [2.05, 4.69) is 0 Å². The number of hydrogen-bond acceptors (Lipinski definition) is 1. The van der Waals surface area contributed by atoms with Gasteiger partial charge >= 0.3 is 0 Å². The molecule has 0 spiro atoms. The third-order valence-corrected chi connectivity index (χ3v) is 2.56. The highest BCUT2D eigenvalue weighted by molar-refractivity contribution is 5.04. The molecule has 10 heavy (non-hydrogen) atoms. The molecule has 2 heteroatoms. The van der Waals surface area contributed by atoms with E-state index < -0.39 is 6.17 Å². The molecule has 60 valence electrons. The van der Waals surface area contributed by atoms with Gasteiger partial charge in [0.25, 0.3) is 0 Å². The quantitative estimate of drug-likeness (QED) is 0.644. The van der Waals surface area contributed by atoms with Crippen LogP contribution in [-0.4, -0.2) is 11.7 Å². The smallest absolute Gasteiger partial charge is 0.102 e. The van der Waals surface area contributed by atoms with E-state index >= 15 is 0 Å². The van der Waals surface area contributed by atoms with Gasteiger partial charge < -0.3 is 5.73 Å². The Kier molecular flexibility index (Phi) is 1.99. The van der Waals surface area contributed by atoms with Gasteiger partial charge in [0.2, 0.25) is 0 Å². The normalized spacial score (nSPS) is 27.6. The summed E-state index contributed by atoms with van der Waals surface area (Å²) in [5.41, 5.74) is 5.73. The highest BCUT2D eigenvalue weighted by atomic mass is 19.1. The first-order valence-electron chi connectivity index (χ1n) is 4.03. The number of halogens is 1. The van der Waals surface area contributed by atoms with Gasteiger partial charge in [-0.2, -0.15) is 0 Å². The average molecular weight is 145 g/mol. The SMILES string of the molecule is CCC(C(C)F)C1(N)CC1. The standard InChI is InChI=1S/C8H16FN/c1-3-7(6(2)9)8(10)4-5-8/h6-7H,3-5,10H2,1-2H3. The zero-order chi connectivity index (χ0) is 7.78. The Labute approximate surface area is 61.8 Å². The van der Waals surface area contributed by atoms with Crippen molar-refractivity contribution >= 4 is 0 Å². The van der Waals surface area contributed by atoms with Crippen LogP contribution in [0.5, 0.6) is 0 Å². The maximum atomic E-state index is 12.8. The summed E-state index contributed by atoms with van der Waals surface area (Å²) in [5.74, 6) is 0.0903. The summed E-state index contributed by atoms with van der Waals surface area (Å²) in [6.45, 7) is 3.62. The Morgan fingerprint density at radius 3 is 2.20 bits per heavy atom. The molecule has 0 radical (unpaired) electrons. The molecule has 1 saturated carbocycles. The molecule has 0 aliphatic heterocycles. The van der Waals surface area contributed by atoms with Crippen LogP contribution in [0.4, 0.5) is 4.39 Å². The predicted octanol–water partition coefficient (Wildman–Crippen LogP) is 1.86. The topological polar surface area (TPSA) is 26.0 Å². The van der Waals surface area contributed by atoms with Gasteiger partial charge in [0.1, 0.15) is 6.17 Å². The molecular formula is C8H16FN. The van der Waals surface area contributed by atoms with Crippen molar-refractivity contribution in [2.75, 3.05) is 0 Å². The molecule has 0 saturated heterocycles. The van der Waals surface area contributed by atoms with Gasteiger partial charge in [-0.15, -0.1) is 0 Å². The van der Waals surface area contributed by atoms with Crippen molar-refractivity contribution in [1.29, 1.82) is 0 Å². The lowest BCUT2D eigenvalue weighted by molar-refractivity contribution is 0.201. The Balaban J connectivity index is 2.48. The van der Waals surface area contributed by atoms with Gasteiger partial charge in [-0.3, -0.25) is 0 Å². The van der Waals surface area contributed by atoms with Crippen LogP contribution in [0.25, 0.3) is 0 Å². The summed E-state index contributed by atoms with van der Waals surface area (Å²) >= 11 is 0. The summed E-state index contributed by atoms with van der Waals surface area (Å²) in [6.07, 6.45) is 2.16. The summed E-state index contributed by atoms with van der Waals surface area (Å²) < 4.78 is 12.8. The maximum absolute atomic E-state index is 12.8. The Hall–Kier alpha value is -0.110. The second-order valence-corrected chi connectivity index (χ2v) is 3.43. The fourth-order valence-corrected chi connectivity index (χ4v) is 1.70. The van der Waals surface area contributed by atoms with Crippen molar-refractivity contribution in [2.45, 2.75) is 44.8 Å². The van der Waals surface area contributed by atoms with Crippen LogP contribution >= 0.6 is 0 Å².